The number of rotatable bonds is 7. The molecule has 1 aromatic heterocycles. The third-order valence-corrected chi connectivity index (χ3v) is 4.83. The van der Waals surface area contributed by atoms with E-state index in [0.29, 0.717) is 41.9 Å². The Morgan fingerprint density at radius 1 is 1.15 bits per heavy atom. The first-order valence-corrected chi connectivity index (χ1v) is 8.69. The van der Waals surface area contributed by atoms with E-state index < -0.39 is 17.8 Å². The van der Waals surface area contributed by atoms with E-state index >= 15 is 0 Å². The van der Waals surface area contributed by atoms with Gasteiger partial charge in [0, 0.05) is 11.6 Å². The number of ether oxygens (including phenoxy) is 1. The van der Waals surface area contributed by atoms with Gasteiger partial charge in [-0.05, 0) is 49.9 Å². The summed E-state index contributed by atoms with van der Waals surface area (Å²) in [5, 5.41) is 15.7. The maximum absolute atomic E-state index is 12.1. The largest absolute Gasteiger partial charge is 0.485 e. The normalized spacial score (nSPS) is 21.7. The molecule has 2 aromatic rings. The van der Waals surface area contributed by atoms with E-state index in [1.807, 2.05) is 0 Å². The molecule has 2 unspecified atom stereocenters. The third kappa shape index (κ3) is 3.54. The van der Waals surface area contributed by atoms with Gasteiger partial charge in [0.05, 0.1) is 11.8 Å². The van der Waals surface area contributed by atoms with Crippen molar-refractivity contribution < 1.29 is 24.0 Å². The zero-order valence-corrected chi connectivity index (χ0v) is 14.1. The van der Waals surface area contributed by atoms with Crippen LogP contribution in [0.1, 0.15) is 43.3 Å². The number of nitrogens with zero attached hydrogens (tertiary/aromatic N) is 2. The van der Waals surface area contributed by atoms with Gasteiger partial charge in [0.15, 0.2) is 6.61 Å². The Labute approximate surface area is 149 Å². The second-order valence-corrected chi connectivity index (χ2v) is 6.75. The predicted molar refractivity (Wildman–Crippen MR) is 89.5 cm³/mol. The molecule has 0 aliphatic heterocycles. The molecule has 0 saturated heterocycles. The summed E-state index contributed by atoms with van der Waals surface area (Å²) in [5.74, 6) is 0.0215. The highest BCUT2D eigenvalue weighted by Gasteiger charge is 2.41. The number of carboxylic acid groups (broad SMARTS) is 1. The predicted octanol–water partition coefficient (Wildman–Crippen LogP) is 2.58. The first kappa shape index (κ1) is 16.6. The zero-order chi connectivity index (χ0) is 18.1. The summed E-state index contributed by atoms with van der Waals surface area (Å²) >= 11 is 0. The van der Waals surface area contributed by atoms with Gasteiger partial charge in [-0.1, -0.05) is 5.16 Å². The zero-order valence-electron chi connectivity index (χ0n) is 14.1. The Kier molecular flexibility index (Phi) is 4.32. The molecular weight excluding hydrogens is 338 g/mol. The first-order chi connectivity index (χ1) is 12.6. The molecule has 0 spiro atoms. The van der Waals surface area contributed by atoms with Crippen molar-refractivity contribution in [1.82, 2.24) is 10.1 Å². The van der Waals surface area contributed by atoms with Gasteiger partial charge in [-0.2, -0.15) is 4.98 Å². The molecule has 2 atom stereocenters. The molecule has 2 saturated carbocycles. The number of nitrogens with one attached hydrogen (secondary N) is 1. The van der Waals surface area contributed by atoms with Gasteiger partial charge < -0.3 is 19.7 Å². The number of aromatic nitrogens is 2. The van der Waals surface area contributed by atoms with E-state index in [1.165, 1.54) is 0 Å². The molecule has 26 heavy (non-hydrogen) atoms. The van der Waals surface area contributed by atoms with Crippen LogP contribution < -0.4 is 10.1 Å². The number of carbonyl (C=O) groups is 2. The van der Waals surface area contributed by atoms with Crippen LogP contribution in [0.2, 0.25) is 0 Å². The van der Waals surface area contributed by atoms with Gasteiger partial charge in [0.2, 0.25) is 17.6 Å². The molecule has 136 valence electrons. The van der Waals surface area contributed by atoms with Gasteiger partial charge in [-0.25, -0.2) is 0 Å². The van der Waals surface area contributed by atoms with Crippen LogP contribution in [0.3, 0.4) is 0 Å². The molecule has 1 amide bonds. The summed E-state index contributed by atoms with van der Waals surface area (Å²) < 4.78 is 10.8. The van der Waals surface area contributed by atoms with Gasteiger partial charge in [0.25, 0.3) is 0 Å². The van der Waals surface area contributed by atoms with Crippen molar-refractivity contribution >= 4 is 17.6 Å². The molecule has 1 heterocycles. The summed E-state index contributed by atoms with van der Waals surface area (Å²) in [4.78, 5) is 27.4. The fourth-order valence-corrected chi connectivity index (χ4v) is 2.95. The third-order valence-electron chi connectivity index (χ3n) is 4.83. The molecule has 2 aliphatic rings. The second-order valence-electron chi connectivity index (χ2n) is 6.75. The van der Waals surface area contributed by atoms with E-state index in [2.05, 4.69) is 15.5 Å². The Morgan fingerprint density at radius 3 is 2.50 bits per heavy atom. The summed E-state index contributed by atoms with van der Waals surface area (Å²) in [5.41, 5.74) is 0.606. The highest BCUT2D eigenvalue weighted by atomic mass is 16.5. The number of hydrogen-bond acceptors (Lipinski definition) is 6. The van der Waals surface area contributed by atoms with Crippen molar-refractivity contribution in [3.63, 3.8) is 0 Å². The number of carbonyl (C=O) groups excluding carboxylic acids is 1. The smallest absolute Gasteiger partial charge is 0.307 e. The van der Waals surface area contributed by atoms with Crippen LogP contribution in [-0.2, 0) is 16.2 Å². The van der Waals surface area contributed by atoms with Gasteiger partial charge in [-0.3, -0.25) is 9.59 Å². The van der Waals surface area contributed by atoms with Crippen LogP contribution in [0.15, 0.2) is 28.8 Å². The minimum absolute atomic E-state index is 0.213. The van der Waals surface area contributed by atoms with E-state index in [0.717, 1.165) is 12.8 Å². The van der Waals surface area contributed by atoms with Gasteiger partial charge in [0.1, 0.15) is 5.75 Å². The first-order valence-electron chi connectivity index (χ1n) is 8.69. The van der Waals surface area contributed by atoms with Crippen LogP contribution in [-0.4, -0.2) is 27.1 Å². The highest BCUT2D eigenvalue weighted by molar-refractivity contribution is 5.96. The quantitative estimate of drug-likeness (QED) is 0.782. The maximum atomic E-state index is 12.1. The average Bonchev–Trinajstić information content (AvgIpc) is 3.31. The summed E-state index contributed by atoms with van der Waals surface area (Å²) in [7, 11) is 0. The Morgan fingerprint density at radius 2 is 1.88 bits per heavy atom. The molecule has 8 nitrogen and oxygen atoms in total. The number of aliphatic carboxylic acids is 1. The average molecular weight is 357 g/mol. The number of hydrogen-bond donors (Lipinski definition) is 2. The molecule has 2 fully saturated rings. The van der Waals surface area contributed by atoms with Crippen molar-refractivity contribution in [3.05, 3.63) is 36.0 Å². The topological polar surface area (TPSA) is 115 Å². The van der Waals surface area contributed by atoms with Crippen LogP contribution in [0.25, 0.3) is 0 Å². The van der Waals surface area contributed by atoms with E-state index in [-0.39, 0.29) is 12.5 Å². The Balaban J connectivity index is 1.28. The summed E-state index contributed by atoms with van der Waals surface area (Å²) in [6.45, 7) is 0.213. The van der Waals surface area contributed by atoms with Crippen molar-refractivity contribution in [1.29, 1.82) is 0 Å². The van der Waals surface area contributed by atoms with Crippen LogP contribution in [0.4, 0.5) is 5.69 Å². The molecule has 2 N–H and O–H groups in total. The SMILES string of the molecule is O=C(O)C1CCC1C(=O)Nc1ccc(OCc2noc(C3CC3)n2)cc1. The van der Waals surface area contributed by atoms with Gasteiger partial charge in [-0.15, -0.1) is 0 Å². The highest BCUT2D eigenvalue weighted by Crippen LogP contribution is 2.39. The molecule has 8 heteroatoms. The number of carboxylic acids is 1. The summed E-state index contributed by atoms with van der Waals surface area (Å²) in [6.07, 6.45) is 3.36. The van der Waals surface area contributed by atoms with E-state index in [9.17, 15) is 9.59 Å². The van der Waals surface area contributed by atoms with E-state index in [1.54, 1.807) is 24.3 Å². The molecule has 0 bridgehead atoms. The van der Waals surface area contributed by atoms with Crippen molar-refractivity contribution in [2.75, 3.05) is 5.32 Å². The monoisotopic (exact) mass is 357 g/mol. The minimum Gasteiger partial charge on any atom is -0.485 e. The van der Waals surface area contributed by atoms with Gasteiger partial charge >= 0.3 is 5.97 Å². The fraction of sp³-hybridized carbons (Fsp3) is 0.444. The number of anilines is 1. The molecular formula is C18H19N3O5. The summed E-state index contributed by atoms with van der Waals surface area (Å²) in [6, 6.07) is 6.89. The van der Waals surface area contributed by atoms with Crippen LogP contribution in [0, 0.1) is 11.8 Å². The molecule has 2 aliphatic carbocycles. The van der Waals surface area contributed by atoms with Crippen molar-refractivity contribution in [3.8, 4) is 5.75 Å². The number of benzene rings is 1. The number of amides is 1. The van der Waals surface area contributed by atoms with E-state index in [4.69, 9.17) is 14.4 Å². The minimum atomic E-state index is -0.911. The fourth-order valence-electron chi connectivity index (χ4n) is 2.95. The molecule has 4 rings (SSSR count). The lowest BCUT2D eigenvalue weighted by Crippen LogP contribution is -2.41. The van der Waals surface area contributed by atoms with Crippen LogP contribution in [0.5, 0.6) is 5.75 Å². The maximum Gasteiger partial charge on any atom is 0.307 e. The molecule has 0 radical (unpaired) electrons. The Bertz CT molecular complexity index is 812. The second kappa shape index (κ2) is 6.78. The molecule has 1 aromatic carbocycles. The lowest BCUT2D eigenvalue weighted by atomic mass is 9.73. The Hall–Kier alpha value is -2.90. The lowest BCUT2D eigenvalue weighted by Gasteiger charge is -2.31. The van der Waals surface area contributed by atoms with Crippen molar-refractivity contribution in [2.45, 2.75) is 38.2 Å². The van der Waals surface area contributed by atoms with Crippen molar-refractivity contribution in [2.24, 2.45) is 11.8 Å². The van der Waals surface area contributed by atoms with Crippen LogP contribution >= 0.6 is 0 Å². The standard InChI is InChI=1S/C18H19N3O5/c22-16(13-7-8-14(13)18(23)24)19-11-3-5-12(6-4-11)25-9-15-20-17(26-21-15)10-1-2-10/h3-6,10,13-14H,1-2,7-9H2,(H,19,22)(H,23,24). The lowest BCUT2D eigenvalue weighted by molar-refractivity contribution is -0.151.